The Morgan fingerprint density at radius 2 is 1.41 bits per heavy atom. The Kier molecular flexibility index (Phi) is 5.88. The van der Waals surface area contributed by atoms with Crippen molar-refractivity contribution in [2.75, 3.05) is 28.4 Å². The van der Waals surface area contributed by atoms with Crippen LogP contribution in [0.3, 0.4) is 0 Å². The fourth-order valence-electron chi connectivity index (χ4n) is 2.74. The largest absolute Gasteiger partial charge is 0.497 e. The summed E-state index contributed by atoms with van der Waals surface area (Å²) in [5.74, 6) is 2.36. The molecule has 0 fully saturated rings. The van der Waals surface area contributed by atoms with E-state index >= 15 is 0 Å². The molecule has 6 nitrogen and oxygen atoms in total. The molecule has 0 amide bonds. The van der Waals surface area contributed by atoms with Gasteiger partial charge in [0.15, 0.2) is 16.2 Å². The molecule has 0 saturated heterocycles. The molecule has 0 aliphatic rings. The van der Waals surface area contributed by atoms with Gasteiger partial charge in [-0.15, -0.1) is 0 Å². The number of hydrogen-bond donors (Lipinski definition) is 1. The van der Waals surface area contributed by atoms with Crippen LogP contribution in [0.5, 0.6) is 23.0 Å². The lowest BCUT2D eigenvalue weighted by Gasteiger charge is -2.14. The quantitative estimate of drug-likeness (QED) is 0.372. The smallest absolute Gasteiger partial charge is 0.203 e. The molecule has 1 aromatic heterocycles. The molecule has 1 heterocycles. The van der Waals surface area contributed by atoms with Crippen molar-refractivity contribution in [3.05, 3.63) is 41.1 Å². The van der Waals surface area contributed by atoms with E-state index in [2.05, 4.69) is 5.16 Å². The highest BCUT2D eigenvalue weighted by Gasteiger charge is 2.20. The summed E-state index contributed by atoms with van der Waals surface area (Å²) in [6.07, 6.45) is 0. The predicted octanol–water partition coefficient (Wildman–Crippen LogP) is 4.47. The molecule has 2 aromatic carbocycles. The second-order valence-corrected chi connectivity index (χ2v) is 7.55. The molecule has 0 unspecified atom stereocenters. The van der Waals surface area contributed by atoms with Gasteiger partial charge in [0.1, 0.15) is 5.75 Å². The number of benzene rings is 2. The monoisotopic (exact) mass is 405 g/mol. The Bertz CT molecular complexity index is 967. The number of rotatable bonds is 6. The molecule has 0 saturated carbocycles. The zero-order valence-corrected chi connectivity index (χ0v) is 16.9. The van der Waals surface area contributed by atoms with E-state index in [-0.39, 0.29) is 0 Å². The van der Waals surface area contributed by atoms with Crippen molar-refractivity contribution in [3.63, 3.8) is 0 Å². The van der Waals surface area contributed by atoms with Gasteiger partial charge in [-0.25, -0.2) is 0 Å². The van der Waals surface area contributed by atoms with Crippen LogP contribution in [0.2, 0.25) is 0 Å². The maximum Gasteiger partial charge on any atom is 0.203 e. The normalized spacial score (nSPS) is 11.3. The second kappa shape index (κ2) is 8.32. The van der Waals surface area contributed by atoms with Crippen molar-refractivity contribution in [2.24, 2.45) is 5.16 Å². The van der Waals surface area contributed by atoms with Crippen LogP contribution in [0, 0.1) is 0 Å². The summed E-state index contributed by atoms with van der Waals surface area (Å²) in [4.78, 5) is 0.977. The highest BCUT2D eigenvalue weighted by atomic mass is 32.9. The third-order valence-corrected chi connectivity index (χ3v) is 6.40. The van der Waals surface area contributed by atoms with Crippen molar-refractivity contribution < 1.29 is 24.2 Å². The Morgan fingerprint density at radius 3 is 1.89 bits per heavy atom. The Labute approximate surface area is 164 Å². The number of hydrogen-bond acceptors (Lipinski definition) is 8. The number of nitrogens with zero attached hydrogens (tertiary/aromatic N) is 1. The molecule has 3 rings (SSSR count). The summed E-state index contributed by atoms with van der Waals surface area (Å²) in [6, 6.07) is 11.4. The molecule has 8 heteroatoms. The van der Waals surface area contributed by atoms with E-state index in [9.17, 15) is 5.21 Å². The molecule has 3 aromatic rings. The van der Waals surface area contributed by atoms with Crippen molar-refractivity contribution in [1.82, 2.24) is 0 Å². The van der Waals surface area contributed by atoms with Crippen molar-refractivity contribution in [3.8, 4) is 44.6 Å². The summed E-state index contributed by atoms with van der Waals surface area (Å²) < 4.78 is 22.1. The van der Waals surface area contributed by atoms with Crippen LogP contribution in [0.1, 0.15) is 0 Å². The second-order valence-electron chi connectivity index (χ2n) is 5.42. The van der Waals surface area contributed by atoms with Crippen LogP contribution < -0.4 is 23.6 Å². The fourth-order valence-corrected chi connectivity index (χ4v) is 5.21. The minimum atomic E-state index is 0.510. The molecule has 1 N–H and O–H groups in total. The van der Waals surface area contributed by atoms with Gasteiger partial charge in [-0.3, -0.25) is 0 Å². The topological polar surface area (TPSA) is 69.5 Å². The summed E-state index contributed by atoms with van der Waals surface area (Å²) in [5.41, 5.74) is 2.60. The van der Waals surface area contributed by atoms with Gasteiger partial charge in [0.25, 0.3) is 0 Å². The highest BCUT2D eigenvalue weighted by molar-refractivity contribution is 7.70. The average molecular weight is 405 g/mol. The lowest BCUT2D eigenvalue weighted by atomic mass is 10.0. The van der Waals surface area contributed by atoms with Crippen LogP contribution in [-0.4, -0.2) is 33.6 Å². The first-order valence-electron chi connectivity index (χ1n) is 7.92. The van der Waals surface area contributed by atoms with E-state index in [4.69, 9.17) is 18.9 Å². The molecule has 0 aliphatic heterocycles. The van der Waals surface area contributed by atoms with Crippen LogP contribution in [0.15, 0.2) is 41.6 Å². The predicted molar refractivity (Wildman–Crippen MR) is 107 cm³/mol. The van der Waals surface area contributed by atoms with Crippen LogP contribution in [0.4, 0.5) is 0 Å². The lowest BCUT2D eigenvalue weighted by Crippen LogP contribution is -2.01. The van der Waals surface area contributed by atoms with Crippen LogP contribution in [0.25, 0.3) is 21.6 Å². The van der Waals surface area contributed by atoms with Crippen LogP contribution in [-0.2, 0) is 0 Å². The Morgan fingerprint density at radius 1 is 0.778 bits per heavy atom. The van der Waals surface area contributed by atoms with E-state index < -0.39 is 0 Å². The zero-order valence-electron chi connectivity index (χ0n) is 15.3. The SMILES string of the molecule is COc1ccc(-c2ss/c(=N\O)c2-c2cc(OC)c(OC)c(OC)c2)cc1. The van der Waals surface area contributed by atoms with E-state index in [1.54, 1.807) is 28.4 Å². The first-order valence-corrected chi connectivity index (χ1v) is 10.1. The first-order chi connectivity index (χ1) is 13.2. The molecule has 0 aliphatic carbocycles. The van der Waals surface area contributed by atoms with Crippen molar-refractivity contribution in [2.45, 2.75) is 0 Å². The molecular weight excluding hydrogens is 386 g/mol. The molecule has 0 radical (unpaired) electrons. The first kappa shape index (κ1) is 19.1. The Balaban J connectivity index is 2.24. The van der Waals surface area contributed by atoms with E-state index in [1.165, 1.54) is 20.7 Å². The van der Waals surface area contributed by atoms with Gasteiger partial charge in [-0.2, -0.15) is 0 Å². The maximum atomic E-state index is 9.51. The van der Waals surface area contributed by atoms with E-state index in [0.29, 0.717) is 21.9 Å². The van der Waals surface area contributed by atoms with Gasteiger partial charge in [-0.1, -0.05) is 25.8 Å². The molecule has 0 spiro atoms. The van der Waals surface area contributed by atoms with Crippen molar-refractivity contribution in [1.29, 1.82) is 0 Å². The van der Waals surface area contributed by atoms with E-state index in [0.717, 1.165) is 27.3 Å². The zero-order chi connectivity index (χ0) is 19.4. The average Bonchev–Trinajstić information content (AvgIpc) is 3.16. The van der Waals surface area contributed by atoms with Crippen LogP contribution >= 0.6 is 20.7 Å². The van der Waals surface area contributed by atoms with Gasteiger partial charge < -0.3 is 24.2 Å². The van der Waals surface area contributed by atoms with Gasteiger partial charge in [0.05, 0.1) is 33.3 Å². The molecule has 27 heavy (non-hydrogen) atoms. The number of methoxy groups -OCH3 is 4. The summed E-state index contributed by atoms with van der Waals surface area (Å²) in [6.45, 7) is 0. The Hall–Kier alpha value is -2.71. The lowest BCUT2D eigenvalue weighted by molar-refractivity contribution is 0.304. The maximum absolute atomic E-state index is 9.51. The van der Waals surface area contributed by atoms with Gasteiger partial charge in [0.2, 0.25) is 5.75 Å². The summed E-state index contributed by atoms with van der Waals surface area (Å²) in [7, 11) is 9.25. The minimum Gasteiger partial charge on any atom is -0.497 e. The third kappa shape index (κ3) is 3.58. The molecule has 0 atom stereocenters. The van der Waals surface area contributed by atoms with Gasteiger partial charge in [-0.05, 0) is 47.5 Å². The minimum absolute atomic E-state index is 0.510. The highest BCUT2D eigenvalue weighted by Crippen LogP contribution is 2.44. The summed E-state index contributed by atoms with van der Waals surface area (Å²) in [5, 5.41) is 13.0. The van der Waals surface area contributed by atoms with Gasteiger partial charge in [0, 0.05) is 5.56 Å². The number of ether oxygens (including phenoxy) is 4. The molecule has 0 bridgehead atoms. The van der Waals surface area contributed by atoms with E-state index in [1.807, 2.05) is 36.4 Å². The third-order valence-electron chi connectivity index (χ3n) is 4.04. The summed E-state index contributed by atoms with van der Waals surface area (Å²) >= 11 is 0. The standard InChI is InChI=1S/C19H19NO5S2/c1-22-13-7-5-11(6-8-13)18-16(19(20-21)27-26-18)12-9-14(23-2)17(25-4)15(10-12)24-3/h5-10,21H,1-4H3/b20-19-. The van der Waals surface area contributed by atoms with Gasteiger partial charge >= 0.3 is 0 Å². The fraction of sp³-hybridized carbons (Fsp3) is 0.211. The van der Waals surface area contributed by atoms with Crippen molar-refractivity contribution >= 4 is 20.7 Å². The molecular formula is C19H19NO5S2. The molecule has 142 valence electrons.